The van der Waals surface area contributed by atoms with Crippen molar-refractivity contribution in [1.82, 2.24) is 40.5 Å². The predicted molar refractivity (Wildman–Crippen MR) is 354 cm³/mol. The van der Waals surface area contributed by atoms with Gasteiger partial charge in [0.1, 0.15) is 54.8 Å². The van der Waals surface area contributed by atoms with Crippen molar-refractivity contribution in [2.45, 2.75) is 201 Å². The van der Waals surface area contributed by atoms with E-state index in [9.17, 15) is 49.1 Å². The Morgan fingerprint density at radius 2 is 0.863 bits per heavy atom. The highest BCUT2D eigenvalue weighted by Gasteiger charge is 2.52. The molecule has 6 aromatic rings. The number of nitrogens with two attached hydrogens (primary N) is 1. The molecule has 3 saturated carbocycles. The lowest BCUT2D eigenvalue weighted by atomic mass is 9.74. The third-order valence-electron chi connectivity index (χ3n) is 17.4. The second-order valence-electron chi connectivity index (χ2n) is 28.5. The van der Waals surface area contributed by atoms with Gasteiger partial charge in [-0.2, -0.15) is 44.5 Å². The Labute approximate surface area is 563 Å². The van der Waals surface area contributed by atoms with Gasteiger partial charge in [0.05, 0.1) is 35.4 Å². The number of nitrogens with one attached hydrogen (secondary N) is 2. The highest BCUT2D eigenvalue weighted by Crippen LogP contribution is 2.52. The van der Waals surface area contributed by atoms with E-state index in [1.807, 2.05) is 66.9 Å². The Morgan fingerprint density at radius 1 is 0.547 bits per heavy atom. The summed E-state index contributed by atoms with van der Waals surface area (Å²) < 4.78 is 141. The summed E-state index contributed by atoms with van der Waals surface area (Å²) in [6.07, 6.45) is -7.80. The molecule has 518 valence electrons. The SMILES string of the molecule is CB1OB(C)OB(C)O1.CC(C)(C)OC(=O)NC1CCC2(C1)CN(c1nc(Cl)nc3sc(CC(F)(F)F)cc13)C2.Cc1nc(N2CC3(CCC(N)C3)C2)c2cc(CC(F)(F)F)sc2n1.Cc1nc(N2CC3(CCC(NC(=O)OC(C)(C)C)C3)C2)c2cc(CC(F)(F)F)sc2n1. The number of aryl methyl sites for hydroxylation is 2. The molecule has 19 nitrogen and oxygen atoms in total. The molecule has 95 heavy (non-hydrogen) atoms. The van der Waals surface area contributed by atoms with Crippen molar-refractivity contribution in [2.75, 3.05) is 54.0 Å². The number of hydrogen-bond acceptors (Lipinski definition) is 20. The molecule has 4 N–H and O–H groups in total. The Kier molecular flexibility index (Phi) is 21.0. The Hall–Kier alpha value is -5.25. The van der Waals surface area contributed by atoms with Crippen LogP contribution in [0, 0.1) is 30.1 Å². The van der Waals surface area contributed by atoms with E-state index in [4.69, 9.17) is 40.5 Å². The average molecular weight is 1420 g/mol. The number of nitrogens with zero attached hydrogens (tertiary/aromatic N) is 9. The quantitative estimate of drug-likeness (QED) is 0.0733. The van der Waals surface area contributed by atoms with Gasteiger partial charge in [-0.1, -0.05) is 0 Å². The fourth-order valence-corrected chi connectivity index (χ4v) is 17.5. The summed E-state index contributed by atoms with van der Waals surface area (Å²) in [4.78, 5) is 59.0. The maximum absolute atomic E-state index is 12.8. The van der Waals surface area contributed by atoms with E-state index in [1.54, 1.807) is 26.0 Å². The molecule has 3 unspecified atom stereocenters. The van der Waals surface area contributed by atoms with E-state index in [1.165, 1.54) is 6.07 Å². The van der Waals surface area contributed by atoms with Gasteiger partial charge in [0.25, 0.3) is 0 Å². The summed E-state index contributed by atoms with van der Waals surface area (Å²) in [5.74, 6) is 3.21. The maximum atomic E-state index is 12.8. The Balaban J connectivity index is 0.000000146. The molecule has 4 saturated heterocycles. The van der Waals surface area contributed by atoms with E-state index in [0.717, 1.165) is 129 Å². The lowest BCUT2D eigenvalue weighted by Gasteiger charge is -2.49. The van der Waals surface area contributed by atoms with Crippen LogP contribution in [0.5, 0.6) is 0 Å². The van der Waals surface area contributed by atoms with Crippen LogP contribution in [0.4, 0.5) is 66.6 Å². The molecule has 35 heteroatoms. The zero-order valence-electron chi connectivity index (χ0n) is 54.9. The minimum atomic E-state index is -4.28. The molecule has 0 radical (unpaired) electrons. The summed E-state index contributed by atoms with van der Waals surface area (Å²) in [7, 11) is -0.406. The van der Waals surface area contributed by atoms with Gasteiger partial charge in [-0.3, -0.25) is 0 Å². The van der Waals surface area contributed by atoms with Gasteiger partial charge in [0.2, 0.25) is 5.28 Å². The first kappa shape index (κ1) is 72.5. The number of ether oxygens (including phenoxy) is 2. The Bertz CT molecular complexity index is 3560. The predicted octanol–water partition coefficient (Wildman–Crippen LogP) is 14.1. The molecular weight excluding hydrogens is 1340 g/mol. The number of alkyl carbamates (subject to hydrolysis) is 2. The second kappa shape index (κ2) is 27.5. The summed E-state index contributed by atoms with van der Waals surface area (Å²) >= 11 is 9.24. The third-order valence-corrected chi connectivity index (χ3v) is 20.6. The van der Waals surface area contributed by atoms with Crippen LogP contribution in [0.1, 0.15) is 126 Å². The highest BCUT2D eigenvalue weighted by atomic mass is 35.5. The zero-order chi connectivity index (χ0) is 69.2. The van der Waals surface area contributed by atoms with Crippen LogP contribution >= 0.6 is 45.6 Å². The van der Waals surface area contributed by atoms with Crippen LogP contribution in [0.15, 0.2) is 18.2 Å². The summed E-state index contributed by atoms with van der Waals surface area (Å²) in [5, 5.41) is 7.97. The van der Waals surface area contributed by atoms with Crippen molar-refractivity contribution in [3.63, 3.8) is 0 Å². The number of halogens is 10. The molecule has 4 aliphatic heterocycles. The summed E-state index contributed by atoms with van der Waals surface area (Å²) in [6.45, 7) is 24.8. The van der Waals surface area contributed by atoms with Crippen LogP contribution in [-0.4, -0.2) is 151 Å². The van der Waals surface area contributed by atoms with Crippen LogP contribution in [-0.2, 0) is 42.5 Å². The van der Waals surface area contributed by atoms with Gasteiger partial charge in [-0.25, -0.2) is 34.5 Å². The fraction of sp³-hybridized carbons (Fsp3) is 0.667. The number of carbonyl (C=O) groups is 2. The fourth-order valence-electron chi connectivity index (χ4n) is 14.0. The summed E-state index contributed by atoms with van der Waals surface area (Å²) in [6, 6.07) is 5.10. The van der Waals surface area contributed by atoms with E-state index in [-0.39, 0.29) is 75.6 Å². The number of amides is 2. The second-order valence-corrected chi connectivity index (χ2v) is 32.2. The van der Waals surface area contributed by atoms with Gasteiger partial charge < -0.3 is 54.3 Å². The van der Waals surface area contributed by atoms with Crippen molar-refractivity contribution in [1.29, 1.82) is 0 Å². The smallest absolute Gasteiger partial charge is 0.426 e. The van der Waals surface area contributed by atoms with Gasteiger partial charge >= 0.3 is 52.1 Å². The normalized spacial score (nSPS) is 21.5. The number of aromatic nitrogens is 6. The van der Waals surface area contributed by atoms with Crippen molar-refractivity contribution in [3.05, 3.63) is 49.8 Å². The number of fused-ring (bicyclic) bond motifs is 3. The largest absolute Gasteiger partial charge is 0.453 e. The molecule has 2 amide bonds. The minimum Gasteiger partial charge on any atom is -0.453 e. The van der Waals surface area contributed by atoms with Crippen molar-refractivity contribution < 1.29 is 72.3 Å². The van der Waals surface area contributed by atoms with Crippen molar-refractivity contribution >= 4 is 127 Å². The van der Waals surface area contributed by atoms with E-state index >= 15 is 0 Å². The molecule has 6 aromatic heterocycles. The number of rotatable bonds is 8. The van der Waals surface area contributed by atoms with Gasteiger partial charge in [-0.05, 0) is 163 Å². The van der Waals surface area contributed by atoms with E-state index in [0.29, 0.717) is 61.6 Å². The van der Waals surface area contributed by atoms with Crippen LogP contribution in [0.25, 0.3) is 30.6 Å². The molecule has 3 spiro atoms. The lowest BCUT2D eigenvalue weighted by molar-refractivity contribution is -0.127. The summed E-state index contributed by atoms with van der Waals surface area (Å²) in [5.41, 5.74) is 5.37. The minimum absolute atomic E-state index is 0.0275. The average Bonchev–Trinajstić information content (AvgIpc) is 1.69. The third kappa shape index (κ3) is 19.2. The number of alkyl halides is 9. The molecule has 0 aromatic carbocycles. The van der Waals surface area contributed by atoms with Crippen LogP contribution in [0.3, 0.4) is 0 Å². The standard InChI is InChI=1S/C21H27F3N4O2S.C20H24ClF3N4O2S.C16H19F3N4S.C3H9B3O3/c1-12-25-16(15-7-14(9-21(22,23)24)31-17(15)26-12)28-10-20(11-28)6-5-13(8-20)27-18(29)30-19(2,3)4;1-18(2,3)30-17(29)25-11-4-5-19(7-11)9-28(10-19)14-13-6-12(8-20(22,23)24)31-15(13)27-16(21)26-14;1-9-21-13(23-7-15(8-23)3-2-10(20)5-15)12-4-11(6-16(17,18)19)24-14(12)22-9;1-4-7-5(2)9-6(3)8-4/h7,13H,5-6,8-11H2,1-4H3,(H,27,29);6,11H,4-5,7-10H2,1-3H3,(H,25,29);4,10H,2-3,5-8,20H2,1H3;1-3H3. The first-order valence-corrected chi connectivity index (χ1v) is 34.5. The van der Waals surface area contributed by atoms with Crippen LogP contribution in [0.2, 0.25) is 25.8 Å². The van der Waals surface area contributed by atoms with Crippen LogP contribution < -0.4 is 31.1 Å². The number of carbonyl (C=O) groups excluding carboxylic acids is 2. The number of hydrogen-bond donors (Lipinski definition) is 3. The van der Waals surface area contributed by atoms with Crippen molar-refractivity contribution in [3.8, 4) is 0 Å². The molecule has 7 fully saturated rings. The molecule has 10 heterocycles. The number of anilines is 3. The topological polar surface area (TPSA) is 217 Å². The Morgan fingerprint density at radius 3 is 1.18 bits per heavy atom. The first-order valence-electron chi connectivity index (χ1n) is 31.7. The highest BCUT2D eigenvalue weighted by molar-refractivity contribution is 7.19. The van der Waals surface area contributed by atoms with E-state index < -0.39 is 61.2 Å². The monoisotopic (exact) mass is 1410 g/mol. The van der Waals surface area contributed by atoms with Crippen molar-refractivity contribution in [2.24, 2.45) is 22.0 Å². The molecule has 13 rings (SSSR count). The maximum Gasteiger partial charge on any atom is 0.426 e. The molecule has 3 aliphatic carbocycles. The number of thiophene rings is 3. The van der Waals surface area contributed by atoms with Gasteiger partial charge in [0, 0.05) is 88.3 Å². The van der Waals surface area contributed by atoms with Gasteiger partial charge in [0.15, 0.2) is 0 Å². The molecule has 0 bridgehead atoms. The molecule has 3 atom stereocenters. The van der Waals surface area contributed by atoms with E-state index in [2.05, 4.69) is 50.3 Å². The molecular formula is C60H79B3ClF9N12O7S3. The first-order chi connectivity index (χ1) is 44.0. The molecule has 7 aliphatic rings. The lowest BCUT2D eigenvalue weighted by Crippen LogP contribution is -2.56. The van der Waals surface area contributed by atoms with Gasteiger partial charge in [-0.15, -0.1) is 34.0 Å². The zero-order valence-corrected chi connectivity index (χ0v) is 58.1.